The Balaban J connectivity index is 1.92. The first-order chi connectivity index (χ1) is 11.7. The molecular weight excluding hydrogens is 326 g/mol. The van der Waals surface area contributed by atoms with E-state index >= 15 is 0 Å². The third-order valence-corrected chi connectivity index (χ3v) is 4.48. The van der Waals surface area contributed by atoms with Crippen molar-refractivity contribution >= 4 is 17.2 Å². The minimum Gasteiger partial charge on any atom is -0.486 e. The number of pyridine rings is 1. The van der Waals surface area contributed by atoms with Gasteiger partial charge < -0.3 is 19.6 Å². The fraction of sp³-hybridized carbons (Fsp3) is 0.278. The number of benzene rings is 1. The van der Waals surface area contributed by atoms with Crippen LogP contribution in [0, 0.1) is 0 Å². The van der Waals surface area contributed by atoms with Crippen LogP contribution >= 0.6 is 11.6 Å². The molecule has 1 aliphatic heterocycles. The lowest BCUT2D eigenvalue weighted by Gasteiger charge is -2.19. The molecule has 1 unspecified atom stereocenters. The molecule has 0 fully saturated rings. The van der Waals surface area contributed by atoms with Gasteiger partial charge in [0.15, 0.2) is 11.5 Å². The van der Waals surface area contributed by atoms with Crippen LogP contribution in [0.3, 0.4) is 0 Å². The Bertz CT molecular complexity index is 907. The van der Waals surface area contributed by atoms with Crippen LogP contribution in [0.2, 0.25) is 5.02 Å². The van der Waals surface area contributed by atoms with Gasteiger partial charge in [-0.05, 0) is 30.3 Å². The predicted octanol–water partition coefficient (Wildman–Crippen LogP) is 3.49. The predicted molar refractivity (Wildman–Crippen MR) is 94.1 cm³/mol. The average molecular weight is 344 g/mol. The molecule has 1 aliphatic rings. The molecule has 1 atom stereocenters. The summed E-state index contributed by atoms with van der Waals surface area (Å²) in [5.74, 6) is 1.66. The summed E-state index contributed by atoms with van der Waals surface area (Å²) in [5, 5.41) is 0.666. The van der Waals surface area contributed by atoms with Gasteiger partial charge in [0.1, 0.15) is 18.9 Å². The minimum atomic E-state index is 0.140. The number of halogens is 1. The van der Waals surface area contributed by atoms with E-state index < -0.39 is 0 Å². The van der Waals surface area contributed by atoms with Gasteiger partial charge in [0.05, 0.1) is 16.4 Å². The lowest BCUT2D eigenvalue weighted by molar-refractivity contribution is 0.171. The molecule has 124 valence electrons. The molecule has 5 nitrogen and oxygen atoms in total. The van der Waals surface area contributed by atoms with Gasteiger partial charge >= 0.3 is 0 Å². The first-order valence-corrected chi connectivity index (χ1v) is 8.33. The highest BCUT2D eigenvalue weighted by molar-refractivity contribution is 6.30. The highest BCUT2D eigenvalue weighted by atomic mass is 35.5. The highest BCUT2D eigenvalue weighted by Crippen LogP contribution is 2.37. The molecule has 0 bridgehead atoms. The smallest absolute Gasteiger partial charge is 0.162 e. The Morgan fingerprint density at radius 1 is 1.21 bits per heavy atom. The zero-order valence-corrected chi connectivity index (χ0v) is 14.1. The maximum atomic E-state index is 6.17. The maximum Gasteiger partial charge on any atom is 0.162 e. The molecule has 2 N–H and O–H groups in total. The summed E-state index contributed by atoms with van der Waals surface area (Å²) in [5.41, 5.74) is 9.70. The van der Waals surface area contributed by atoms with Crippen LogP contribution in [0.1, 0.15) is 18.5 Å². The molecular formula is C18H18ClN3O2. The van der Waals surface area contributed by atoms with Crippen LogP contribution in [0.25, 0.3) is 16.9 Å². The van der Waals surface area contributed by atoms with Crippen molar-refractivity contribution in [2.45, 2.75) is 12.8 Å². The Hall–Kier alpha value is -2.24. The summed E-state index contributed by atoms with van der Waals surface area (Å²) in [6.45, 7) is 3.75. The zero-order chi connectivity index (χ0) is 16.7. The van der Waals surface area contributed by atoms with Gasteiger partial charge in [0, 0.05) is 24.2 Å². The van der Waals surface area contributed by atoms with E-state index in [1.54, 1.807) is 0 Å². The quantitative estimate of drug-likeness (QED) is 0.790. The van der Waals surface area contributed by atoms with Crippen LogP contribution in [0.5, 0.6) is 11.5 Å². The first kappa shape index (κ1) is 15.3. The number of hydrogen-bond donors (Lipinski definition) is 1. The van der Waals surface area contributed by atoms with E-state index in [1.165, 1.54) is 0 Å². The SMILES string of the molecule is CC(CN)c1c(-c2ccc3c(c2)OCCO3)nc2ccc(Cl)cn12. The van der Waals surface area contributed by atoms with Gasteiger partial charge in [-0.2, -0.15) is 0 Å². The summed E-state index contributed by atoms with van der Waals surface area (Å²) >= 11 is 6.17. The topological polar surface area (TPSA) is 61.8 Å². The van der Waals surface area contributed by atoms with Crippen molar-refractivity contribution in [2.24, 2.45) is 5.73 Å². The van der Waals surface area contributed by atoms with E-state index in [-0.39, 0.29) is 5.92 Å². The van der Waals surface area contributed by atoms with Crippen molar-refractivity contribution in [3.8, 4) is 22.8 Å². The summed E-state index contributed by atoms with van der Waals surface area (Å²) < 4.78 is 13.3. The van der Waals surface area contributed by atoms with E-state index in [9.17, 15) is 0 Å². The van der Waals surface area contributed by atoms with Crippen molar-refractivity contribution in [1.29, 1.82) is 0 Å². The van der Waals surface area contributed by atoms with Crippen molar-refractivity contribution in [2.75, 3.05) is 19.8 Å². The molecule has 1 aromatic carbocycles. The number of ether oxygens (including phenoxy) is 2. The normalized spacial score (nSPS) is 14.8. The molecule has 24 heavy (non-hydrogen) atoms. The van der Waals surface area contributed by atoms with E-state index in [4.69, 9.17) is 31.8 Å². The summed E-state index contributed by atoms with van der Waals surface area (Å²) in [6.07, 6.45) is 1.88. The fourth-order valence-corrected chi connectivity index (χ4v) is 3.18. The van der Waals surface area contributed by atoms with Gasteiger partial charge in [-0.1, -0.05) is 18.5 Å². The zero-order valence-electron chi connectivity index (χ0n) is 13.3. The number of nitrogens with two attached hydrogens (primary N) is 1. The van der Waals surface area contributed by atoms with Gasteiger partial charge in [-0.15, -0.1) is 0 Å². The standard InChI is InChI=1S/C18H18ClN3O2/c1-11(9-20)18-17(21-16-5-3-13(19)10-22(16)18)12-2-4-14-15(8-12)24-7-6-23-14/h2-5,8,10-11H,6-7,9,20H2,1H3. The monoisotopic (exact) mass is 343 g/mol. The summed E-state index contributed by atoms with van der Waals surface area (Å²) in [4.78, 5) is 4.79. The number of aromatic nitrogens is 2. The van der Waals surface area contributed by atoms with Crippen LogP contribution in [0.15, 0.2) is 36.5 Å². The number of rotatable bonds is 3. The lowest BCUT2D eigenvalue weighted by Crippen LogP contribution is -2.15. The summed E-state index contributed by atoms with van der Waals surface area (Å²) in [6, 6.07) is 9.66. The summed E-state index contributed by atoms with van der Waals surface area (Å²) in [7, 11) is 0. The van der Waals surface area contributed by atoms with Crippen molar-refractivity contribution < 1.29 is 9.47 Å². The third-order valence-electron chi connectivity index (χ3n) is 4.26. The molecule has 2 aromatic heterocycles. The number of hydrogen-bond acceptors (Lipinski definition) is 4. The fourth-order valence-electron chi connectivity index (χ4n) is 3.02. The molecule has 0 radical (unpaired) electrons. The Morgan fingerprint density at radius 2 is 2.00 bits per heavy atom. The molecule has 0 spiro atoms. The Morgan fingerprint density at radius 3 is 2.79 bits per heavy atom. The third kappa shape index (κ3) is 2.50. The second-order valence-electron chi connectivity index (χ2n) is 5.92. The molecule has 0 saturated heterocycles. The van der Waals surface area contributed by atoms with Crippen LogP contribution < -0.4 is 15.2 Å². The molecule has 3 heterocycles. The van der Waals surface area contributed by atoms with E-state index in [1.807, 2.05) is 40.9 Å². The Labute approximate surface area is 145 Å². The second-order valence-corrected chi connectivity index (χ2v) is 6.35. The molecule has 0 amide bonds. The van der Waals surface area contributed by atoms with Gasteiger partial charge in [-0.25, -0.2) is 4.98 Å². The molecule has 0 saturated carbocycles. The molecule has 6 heteroatoms. The van der Waals surface area contributed by atoms with Crippen LogP contribution in [0.4, 0.5) is 0 Å². The van der Waals surface area contributed by atoms with Gasteiger partial charge in [0.25, 0.3) is 0 Å². The minimum absolute atomic E-state index is 0.140. The van der Waals surface area contributed by atoms with E-state index in [0.717, 1.165) is 34.1 Å². The molecule has 0 aliphatic carbocycles. The largest absolute Gasteiger partial charge is 0.486 e. The lowest BCUT2D eigenvalue weighted by atomic mass is 10.0. The number of imidazole rings is 1. The van der Waals surface area contributed by atoms with Gasteiger partial charge in [0.2, 0.25) is 0 Å². The van der Waals surface area contributed by atoms with E-state index in [2.05, 4.69) is 6.92 Å². The van der Waals surface area contributed by atoms with Crippen LogP contribution in [-0.2, 0) is 0 Å². The van der Waals surface area contributed by atoms with Crippen molar-refractivity contribution in [3.63, 3.8) is 0 Å². The van der Waals surface area contributed by atoms with Crippen molar-refractivity contribution in [1.82, 2.24) is 9.38 Å². The van der Waals surface area contributed by atoms with Crippen LogP contribution in [-0.4, -0.2) is 29.1 Å². The molecule has 3 aromatic rings. The molecule has 4 rings (SSSR count). The number of fused-ring (bicyclic) bond motifs is 2. The van der Waals surface area contributed by atoms with Crippen molar-refractivity contribution in [3.05, 3.63) is 47.2 Å². The van der Waals surface area contributed by atoms with E-state index in [0.29, 0.717) is 24.8 Å². The highest BCUT2D eigenvalue weighted by Gasteiger charge is 2.21. The second kappa shape index (κ2) is 6.00. The van der Waals surface area contributed by atoms with Gasteiger partial charge in [-0.3, -0.25) is 0 Å². The Kier molecular flexibility index (Phi) is 3.82. The first-order valence-electron chi connectivity index (χ1n) is 7.95. The number of nitrogens with zero attached hydrogens (tertiary/aromatic N) is 2. The maximum absolute atomic E-state index is 6.17. The average Bonchev–Trinajstić information content (AvgIpc) is 2.99.